The summed E-state index contributed by atoms with van der Waals surface area (Å²) in [5.41, 5.74) is -1.26. The number of rotatable bonds is 3. The average Bonchev–Trinajstić information content (AvgIpc) is 2.40. The average molecular weight is 322 g/mol. The van der Waals surface area contributed by atoms with E-state index in [1.807, 2.05) is 4.72 Å². The van der Waals surface area contributed by atoms with Crippen LogP contribution in [0.5, 0.6) is 0 Å². The highest BCUT2D eigenvalue weighted by atomic mass is 32.2. The first-order valence-corrected chi connectivity index (χ1v) is 7.66. The molecule has 1 unspecified atom stereocenters. The van der Waals surface area contributed by atoms with Crippen molar-refractivity contribution in [3.05, 3.63) is 29.8 Å². The van der Waals surface area contributed by atoms with E-state index in [2.05, 4.69) is 5.32 Å². The van der Waals surface area contributed by atoms with Crippen LogP contribution in [0.25, 0.3) is 0 Å². The lowest BCUT2D eigenvalue weighted by Crippen LogP contribution is -2.50. The van der Waals surface area contributed by atoms with Crippen LogP contribution < -0.4 is 10.0 Å². The molecule has 1 saturated heterocycles. The van der Waals surface area contributed by atoms with Crippen molar-refractivity contribution in [1.82, 2.24) is 10.0 Å². The van der Waals surface area contributed by atoms with Gasteiger partial charge < -0.3 is 5.32 Å². The minimum Gasteiger partial charge on any atom is -0.355 e. The molecular formula is C12H13F3N2O3S. The number of hydrogen-bond donors (Lipinski definition) is 2. The number of amides is 1. The quantitative estimate of drug-likeness (QED) is 0.880. The Hall–Kier alpha value is -1.61. The Labute approximate surface area is 119 Å². The lowest BCUT2D eigenvalue weighted by Gasteiger charge is -2.23. The highest BCUT2D eigenvalue weighted by Gasteiger charge is 2.38. The standard InChI is InChI=1S/C12H13F3N2O3S/c13-12(14,15)8-4-1-2-6-10(8)21(19,20)17-9-5-3-7-16-11(9)18/h1-2,4,6,9,17H,3,5,7H2,(H,16,18). The van der Waals surface area contributed by atoms with E-state index in [-0.39, 0.29) is 6.42 Å². The Kier molecular flexibility index (Phi) is 4.24. The van der Waals surface area contributed by atoms with Gasteiger partial charge in [-0.05, 0) is 25.0 Å². The second kappa shape index (κ2) is 5.64. The summed E-state index contributed by atoms with van der Waals surface area (Å²) in [4.78, 5) is 10.6. The highest BCUT2D eigenvalue weighted by Crippen LogP contribution is 2.34. The summed E-state index contributed by atoms with van der Waals surface area (Å²) >= 11 is 0. The molecule has 0 aromatic heterocycles. The maximum atomic E-state index is 12.9. The lowest BCUT2D eigenvalue weighted by atomic mass is 10.1. The van der Waals surface area contributed by atoms with Crippen LogP contribution in [-0.2, 0) is 21.0 Å². The second-order valence-corrected chi connectivity index (χ2v) is 6.28. The molecule has 1 aliphatic rings. The molecule has 116 valence electrons. The molecule has 1 atom stereocenters. The normalized spacial score (nSPS) is 20.1. The van der Waals surface area contributed by atoms with Crippen LogP contribution in [0.2, 0.25) is 0 Å². The van der Waals surface area contributed by atoms with E-state index in [4.69, 9.17) is 0 Å². The van der Waals surface area contributed by atoms with Crippen molar-refractivity contribution in [2.24, 2.45) is 0 Å². The van der Waals surface area contributed by atoms with Gasteiger partial charge in [0.1, 0.15) is 6.04 Å². The number of carbonyl (C=O) groups excluding carboxylic acids is 1. The number of carbonyl (C=O) groups is 1. The van der Waals surface area contributed by atoms with E-state index in [0.717, 1.165) is 12.1 Å². The Morgan fingerprint density at radius 2 is 1.90 bits per heavy atom. The summed E-state index contributed by atoms with van der Waals surface area (Å²) < 4.78 is 64.9. The lowest BCUT2D eigenvalue weighted by molar-refractivity contribution is -0.139. The summed E-state index contributed by atoms with van der Waals surface area (Å²) in [6.45, 7) is 0.427. The van der Waals surface area contributed by atoms with Gasteiger partial charge in [-0.25, -0.2) is 8.42 Å². The molecule has 2 rings (SSSR count). The molecule has 0 bridgehead atoms. The number of hydrogen-bond acceptors (Lipinski definition) is 3. The molecule has 1 fully saturated rings. The topological polar surface area (TPSA) is 75.3 Å². The van der Waals surface area contributed by atoms with Gasteiger partial charge in [0.15, 0.2) is 0 Å². The molecule has 0 radical (unpaired) electrons. The molecule has 0 spiro atoms. The number of halogens is 3. The van der Waals surface area contributed by atoms with E-state index in [1.165, 1.54) is 6.07 Å². The summed E-state index contributed by atoms with van der Waals surface area (Å²) in [6, 6.07) is 2.81. The van der Waals surface area contributed by atoms with Crippen molar-refractivity contribution in [2.75, 3.05) is 6.54 Å². The van der Waals surface area contributed by atoms with Gasteiger partial charge >= 0.3 is 6.18 Å². The summed E-state index contributed by atoms with van der Waals surface area (Å²) in [5, 5.41) is 2.46. The number of sulfonamides is 1. The zero-order valence-corrected chi connectivity index (χ0v) is 11.6. The Bertz CT molecular complexity index is 643. The minimum atomic E-state index is -4.79. The molecule has 1 aromatic carbocycles. The molecule has 0 saturated carbocycles. The van der Waals surface area contributed by atoms with Gasteiger partial charge in [0, 0.05) is 6.54 Å². The Balaban J connectivity index is 2.34. The van der Waals surface area contributed by atoms with Crippen LogP contribution in [0.1, 0.15) is 18.4 Å². The number of benzene rings is 1. The second-order valence-electron chi connectivity index (χ2n) is 4.60. The van der Waals surface area contributed by atoms with Crippen molar-refractivity contribution >= 4 is 15.9 Å². The summed E-state index contributed by atoms with van der Waals surface area (Å²) in [6.07, 6.45) is -3.99. The molecular weight excluding hydrogens is 309 g/mol. The molecule has 0 aliphatic carbocycles. The number of alkyl halides is 3. The SMILES string of the molecule is O=C1NCCCC1NS(=O)(=O)c1ccccc1C(F)(F)F. The van der Waals surface area contributed by atoms with Crippen molar-refractivity contribution in [3.63, 3.8) is 0 Å². The van der Waals surface area contributed by atoms with E-state index in [9.17, 15) is 26.4 Å². The first-order chi connectivity index (χ1) is 9.72. The van der Waals surface area contributed by atoms with E-state index in [0.29, 0.717) is 19.0 Å². The molecule has 21 heavy (non-hydrogen) atoms. The smallest absolute Gasteiger partial charge is 0.355 e. The van der Waals surface area contributed by atoms with Crippen LogP contribution in [0.4, 0.5) is 13.2 Å². The fourth-order valence-corrected chi connectivity index (χ4v) is 3.53. The van der Waals surface area contributed by atoms with Crippen LogP contribution in [0.15, 0.2) is 29.2 Å². The molecule has 2 N–H and O–H groups in total. The van der Waals surface area contributed by atoms with Gasteiger partial charge in [0.05, 0.1) is 10.5 Å². The first kappa shape index (κ1) is 15.8. The van der Waals surface area contributed by atoms with E-state index in [1.54, 1.807) is 0 Å². The fourth-order valence-electron chi connectivity index (χ4n) is 2.07. The van der Waals surface area contributed by atoms with Crippen molar-refractivity contribution in [2.45, 2.75) is 30.0 Å². The summed E-state index contributed by atoms with van der Waals surface area (Å²) in [7, 11) is -4.44. The zero-order valence-electron chi connectivity index (χ0n) is 10.8. The van der Waals surface area contributed by atoms with Crippen LogP contribution in [0.3, 0.4) is 0 Å². The van der Waals surface area contributed by atoms with Gasteiger partial charge in [-0.3, -0.25) is 4.79 Å². The first-order valence-electron chi connectivity index (χ1n) is 6.18. The predicted molar refractivity (Wildman–Crippen MR) is 67.8 cm³/mol. The number of piperidine rings is 1. The predicted octanol–water partition coefficient (Wildman–Crippen LogP) is 1.26. The third-order valence-corrected chi connectivity index (χ3v) is 4.59. The molecule has 1 amide bonds. The molecule has 1 aliphatic heterocycles. The summed E-state index contributed by atoms with van der Waals surface area (Å²) in [5.74, 6) is -0.533. The van der Waals surface area contributed by atoms with Crippen LogP contribution in [-0.4, -0.2) is 26.9 Å². The third kappa shape index (κ3) is 3.53. The molecule has 5 nitrogen and oxygen atoms in total. The maximum Gasteiger partial charge on any atom is 0.417 e. The van der Waals surface area contributed by atoms with Gasteiger partial charge in [0.2, 0.25) is 15.9 Å². The largest absolute Gasteiger partial charge is 0.417 e. The molecule has 9 heteroatoms. The fraction of sp³-hybridized carbons (Fsp3) is 0.417. The van der Waals surface area contributed by atoms with E-state index >= 15 is 0 Å². The van der Waals surface area contributed by atoms with Crippen LogP contribution in [0, 0.1) is 0 Å². The van der Waals surface area contributed by atoms with Gasteiger partial charge in [-0.1, -0.05) is 12.1 Å². The third-order valence-electron chi connectivity index (χ3n) is 3.06. The van der Waals surface area contributed by atoms with Crippen molar-refractivity contribution < 1.29 is 26.4 Å². The minimum absolute atomic E-state index is 0.249. The van der Waals surface area contributed by atoms with E-state index < -0.39 is 38.6 Å². The van der Waals surface area contributed by atoms with Crippen LogP contribution >= 0.6 is 0 Å². The Morgan fingerprint density at radius 3 is 2.52 bits per heavy atom. The van der Waals surface area contributed by atoms with Gasteiger partial charge in [-0.15, -0.1) is 0 Å². The molecule has 1 aromatic rings. The van der Waals surface area contributed by atoms with Gasteiger partial charge in [-0.2, -0.15) is 17.9 Å². The van der Waals surface area contributed by atoms with Crippen molar-refractivity contribution in [3.8, 4) is 0 Å². The zero-order chi connectivity index (χ0) is 15.7. The van der Waals surface area contributed by atoms with Crippen molar-refractivity contribution in [1.29, 1.82) is 0 Å². The Morgan fingerprint density at radius 1 is 1.24 bits per heavy atom. The number of nitrogens with one attached hydrogen (secondary N) is 2. The highest BCUT2D eigenvalue weighted by molar-refractivity contribution is 7.89. The maximum absolute atomic E-state index is 12.9. The van der Waals surface area contributed by atoms with Gasteiger partial charge in [0.25, 0.3) is 0 Å². The molecule has 1 heterocycles. The monoisotopic (exact) mass is 322 g/mol.